The van der Waals surface area contributed by atoms with Crippen molar-refractivity contribution >= 4 is 0 Å². The van der Waals surface area contributed by atoms with Gasteiger partial charge in [0, 0.05) is 12.7 Å². The van der Waals surface area contributed by atoms with E-state index in [0.717, 1.165) is 16.9 Å². The number of benzene rings is 1. The predicted molar refractivity (Wildman–Crippen MR) is 56.4 cm³/mol. The van der Waals surface area contributed by atoms with E-state index in [4.69, 9.17) is 5.73 Å². The third kappa shape index (κ3) is 2.51. The highest BCUT2D eigenvalue weighted by Gasteiger charge is 2.32. The molecule has 0 amide bonds. The van der Waals surface area contributed by atoms with Crippen LogP contribution in [0, 0.1) is 5.82 Å². The van der Waals surface area contributed by atoms with E-state index in [0.29, 0.717) is 11.8 Å². The summed E-state index contributed by atoms with van der Waals surface area (Å²) in [5, 5.41) is 3.56. The van der Waals surface area contributed by atoms with E-state index >= 15 is 0 Å². The van der Waals surface area contributed by atoms with Crippen LogP contribution >= 0.6 is 0 Å². The number of alkyl halides is 3. The van der Waals surface area contributed by atoms with E-state index in [1.54, 1.807) is 0 Å². The minimum atomic E-state index is -4.47. The predicted octanol–water partition coefficient (Wildman–Crippen LogP) is 2.49. The Labute approximate surface area is 99.8 Å². The topological polar surface area (TPSA) is 43.8 Å². The molecule has 1 aromatic carbocycles. The van der Waals surface area contributed by atoms with Crippen molar-refractivity contribution in [3.63, 3.8) is 0 Å². The van der Waals surface area contributed by atoms with Crippen LogP contribution in [-0.2, 0) is 12.7 Å². The fourth-order valence-electron chi connectivity index (χ4n) is 1.49. The quantitative estimate of drug-likeness (QED) is 0.842. The van der Waals surface area contributed by atoms with E-state index in [-0.39, 0.29) is 12.2 Å². The van der Waals surface area contributed by atoms with E-state index in [1.165, 1.54) is 12.1 Å². The Balaban J connectivity index is 2.43. The molecule has 2 rings (SSSR count). The molecular weight excluding hydrogens is 250 g/mol. The Bertz CT molecular complexity index is 560. The lowest BCUT2D eigenvalue weighted by atomic mass is 10.2. The van der Waals surface area contributed by atoms with Gasteiger partial charge in [-0.1, -0.05) is 0 Å². The van der Waals surface area contributed by atoms with Gasteiger partial charge in [0.05, 0.1) is 17.4 Å². The van der Waals surface area contributed by atoms with Gasteiger partial charge in [0.15, 0.2) is 0 Å². The van der Waals surface area contributed by atoms with Crippen LogP contribution < -0.4 is 5.73 Å². The van der Waals surface area contributed by atoms with Gasteiger partial charge in [-0.05, 0) is 23.8 Å². The molecule has 0 spiro atoms. The lowest BCUT2D eigenvalue weighted by molar-refractivity contribution is -0.137. The fourth-order valence-corrected chi connectivity index (χ4v) is 1.49. The molecular formula is C11H9F4N3. The van der Waals surface area contributed by atoms with Gasteiger partial charge in [-0.25, -0.2) is 9.07 Å². The van der Waals surface area contributed by atoms with Crippen LogP contribution in [0.1, 0.15) is 11.1 Å². The number of hydrogen-bond donors (Lipinski definition) is 1. The van der Waals surface area contributed by atoms with Gasteiger partial charge in [0.2, 0.25) is 0 Å². The summed E-state index contributed by atoms with van der Waals surface area (Å²) in [6.45, 7) is 0.0954. The lowest BCUT2D eigenvalue weighted by Gasteiger charge is -2.05. The highest BCUT2D eigenvalue weighted by molar-refractivity contribution is 5.36. The smallest absolute Gasteiger partial charge is 0.326 e. The maximum atomic E-state index is 13.2. The molecule has 0 saturated heterocycles. The Hall–Kier alpha value is -1.89. The number of halogens is 4. The molecule has 0 atom stereocenters. The standard InChI is InChI=1S/C11H9F4N3/c12-9-1-7(4-16)2-10(3-9)18-6-8(5-17-18)11(13,14)15/h1-3,5-6H,4,16H2. The van der Waals surface area contributed by atoms with Crippen molar-refractivity contribution in [3.8, 4) is 5.69 Å². The molecule has 0 bridgehead atoms. The Morgan fingerprint density at radius 1 is 1.22 bits per heavy atom. The van der Waals surface area contributed by atoms with Gasteiger partial charge in [-0.15, -0.1) is 0 Å². The van der Waals surface area contributed by atoms with Crippen molar-refractivity contribution in [1.82, 2.24) is 9.78 Å². The number of nitrogens with zero attached hydrogens (tertiary/aromatic N) is 2. The molecule has 2 N–H and O–H groups in total. The van der Waals surface area contributed by atoms with E-state index in [2.05, 4.69) is 5.10 Å². The van der Waals surface area contributed by atoms with Crippen molar-refractivity contribution in [2.24, 2.45) is 5.73 Å². The summed E-state index contributed by atoms with van der Waals surface area (Å²) in [4.78, 5) is 0. The first-order valence-electron chi connectivity index (χ1n) is 5.02. The zero-order valence-electron chi connectivity index (χ0n) is 9.08. The molecule has 0 saturated carbocycles. The first kappa shape index (κ1) is 12.6. The second-order valence-electron chi connectivity index (χ2n) is 3.69. The maximum absolute atomic E-state index is 13.2. The Morgan fingerprint density at radius 3 is 2.50 bits per heavy atom. The second-order valence-corrected chi connectivity index (χ2v) is 3.69. The van der Waals surface area contributed by atoms with Gasteiger partial charge < -0.3 is 5.73 Å². The van der Waals surface area contributed by atoms with Crippen molar-refractivity contribution in [1.29, 1.82) is 0 Å². The third-order valence-electron chi connectivity index (χ3n) is 2.35. The van der Waals surface area contributed by atoms with E-state index < -0.39 is 17.6 Å². The summed E-state index contributed by atoms with van der Waals surface area (Å²) < 4.78 is 51.4. The third-order valence-corrected chi connectivity index (χ3v) is 2.35. The first-order valence-corrected chi connectivity index (χ1v) is 5.02. The maximum Gasteiger partial charge on any atom is 0.419 e. The van der Waals surface area contributed by atoms with Crippen molar-refractivity contribution in [3.05, 3.63) is 47.5 Å². The molecule has 0 radical (unpaired) electrons. The summed E-state index contributed by atoms with van der Waals surface area (Å²) in [7, 11) is 0. The largest absolute Gasteiger partial charge is 0.419 e. The monoisotopic (exact) mass is 259 g/mol. The summed E-state index contributed by atoms with van der Waals surface area (Å²) >= 11 is 0. The summed E-state index contributed by atoms with van der Waals surface area (Å²) in [6, 6.07) is 3.79. The van der Waals surface area contributed by atoms with Crippen molar-refractivity contribution in [2.45, 2.75) is 12.7 Å². The minimum absolute atomic E-state index is 0.0954. The SMILES string of the molecule is NCc1cc(F)cc(-n2cc(C(F)(F)F)cn2)c1. The number of nitrogens with two attached hydrogens (primary N) is 1. The van der Waals surface area contributed by atoms with Crippen molar-refractivity contribution in [2.75, 3.05) is 0 Å². The zero-order chi connectivity index (χ0) is 13.3. The highest BCUT2D eigenvalue weighted by Crippen LogP contribution is 2.29. The van der Waals surface area contributed by atoms with Crippen LogP contribution in [0.15, 0.2) is 30.6 Å². The molecule has 0 aliphatic rings. The molecule has 3 nitrogen and oxygen atoms in total. The molecule has 2 aromatic rings. The average molecular weight is 259 g/mol. The van der Waals surface area contributed by atoms with E-state index in [9.17, 15) is 17.6 Å². The van der Waals surface area contributed by atoms with Crippen LogP contribution in [0.2, 0.25) is 0 Å². The molecule has 0 fully saturated rings. The second kappa shape index (κ2) is 4.41. The number of hydrogen-bond acceptors (Lipinski definition) is 2. The number of aromatic nitrogens is 2. The van der Waals surface area contributed by atoms with Gasteiger partial charge in [-0.2, -0.15) is 18.3 Å². The van der Waals surface area contributed by atoms with E-state index in [1.807, 2.05) is 0 Å². The molecule has 1 aromatic heterocycles. The van der Waals surface area contributed by atoms with Crippen LogP contribution in [0.5, 0.6) is 0 Å². The molecule has 96 valence electrons. The van der Waals surface area contributed by atoms with Gasteiger partial charge in [-0.3, -0.25) is 0 Å². The van der Waals surface area contributed by atoms with Crippen molar-refractivity contribution < 1.29 is 17.6 Å². The highest BCUT2D eigenvalue weighted by atomic mass is 19.4. The van der Waals surface area contributed by atoms with Gasteiger partial charge in [0.25, 0.3) is 0 Å². The summed E-state index contributed by atoms with van der Waals surface area (Å²) in [5.74, 6) is -0.572. The van der Waals surface area contributed by atoms with Gasteiger partial charge >= 0.3 is 6.18 Å². The molecule has 18 heavy (non-hydrogen) atoms. The summed E-state index contributed by atoms with van der Waals surface area (Å²) in [6.07, 6.45) is -2.98. The Morgan fingerprint density at radius 2 is 1.94 bits per heavy atom. The van der Waals surface area contributed by atoms with Gasteiger partial charge in [0.1, 0.15) is 5.82 Å². The molecule has 0 aliphatic heterocycles. The normalized spacial score (nSPS) is 11.8. The fraction of sp³-hybridized carbons (Fsp3) is 0.182. The zero-order valence-corrected chi connectivity index (χ0v) is 9.08. The molecule has 1 heterocycles. The minimum Gasteiger partial charge on any atom is -0.326 e. The average Bonchev–Trinajstić information content (AvgIpc) is 2.77. The first-order chi connectivity index (χ1) is 8.40. The van der Waals surface area contributed by atoms with Crippen LogP contribution in [-0.4, -0.2) is 9.78 Å². The van der Waals surface area contributed by atoms with Crippen LogP contribution in [0.25, 0.3) is 5.69 Å². The Kier molecular flexibility index (Phi) is 3.08. The number of rotatable bonds is 2. The summed E-state index contributed by atoms with van der Waals surface area (Å²) in [5.41, 5.74) is 5.16. The molecule has 7 heteroatoms. The van der Waals surface area contributed by atoms with Crippen LogP contribution in [0.3, 0.4) is 0 Å². The molecule has 0 unspecified atom stereocenters. The lowest BCUT2D eigenvalue weighted by Crippen LogP contribution is -2.03. The van der Waals surface area contributed by atoms with Crippen LogP contribution in [0.4, 0.5) is 17.6 Å². The molecule has 0 aliphatic carbocycles.